The topological polar surface area (TPSA) is 65.7 Å². The van der Waals surface area contributed by atoms with Crippen LogP contribution in [0.3, 0.4) is 0 Å². The van der Waals surface area contributed by atoms with Crippen LogP contribution in [0.1, 0.15) is 51.4 Å². The van der Waals surface area contributed by atoms with Crippen molar-refractivity contribution in [3.8, 4) is 0 Å². The lowest BCUT2D eigenvalue weighted by Crippen LogP contribution is -2.50. The van der Waals surface area contributed by atoms with Gasteiger partial charge in [0.15, 0.2) is 0 Å². The molecule has 0 aromatic carbocycles. The normalized spacial score (nSPS) is 10.8. The molecule has 0 heterocycles. The molecule has 0 spiro atoms. The number of nitrogens with one attached hydrogen (secondary N) is 1. The highest BCUT2D eigenvalue weighted by atomic mass is 14.8. The maximum atomic E-state index is 5.43. The summed E-state index contributed by atoms with van der Waals surface area (Å²) < 4.78 is 0. The first-order valence-corrected chi connectivity index (χ1v) is 6.62. The van der Waals surface area contributed by atoms with Crippen molar-refractivity contribution in [3.63, 3.8) is 0 Å². The van der Waals surface area contributed by atoms with Crippen LogP contribution < -0.4 is 16.8 Å². The van der Waals surface area contributed by atoms with E-state index in [1.165, 1.54) is 64.5 Å². The van der Waals surface area contributed by atoms with E-state index >= 15 is 0 Å². The average Bonchev–Trinajstić information content (AvgIpc) is 2.26. The van der Waals surface area contributed by atoms with Gasteiger partial charge in [0.2, 0.25) is 0 Å². The van der Waals surface area contributed by atoms with E-state index in [1.807, 2.05) is 0 Å². The first-order valence-electron chi connectivity index (χ1n) is 6.62. The van der Waals surface area contributed by atoms with E-state index in [4.69, 9.17) is 5.73 Å². The highest BCUT2D eigenvalue weighted by molar-refractivity contribution is 4.51. The average molecular weight is 216 g/mol. The van der Waals surface area contributed by atoms with Gasteiger partial charge in [0.25, 0.3) is 0 Å². The lowest BCUT2D eigenvalue weighted by atomic mass is 10.2. The van der Waals surface area contributed by atoms with E-state index < -0.39 is 0 Å². The monoisotopic (exact) mass is 216 g/mol. The summed E-state index contributed by atoms with van der Waals surface area (Å²) >= 11 is 0. The van der Waals surface area contributed by atoms with Gasteiger partial charge in [0.05, 0.1) is 6.54 Å². The summed E-state index contributed by atoms with van der Waals surface area (Å²) in [4.78, 5) is 0. The molecule has 0 saturated carbocycles. The van der Waals surface area contributed by atoms with Gasteiger partial charge in [0, 0.05) is 0 Å². The Kier molecular flexibility index (Phi) is 13.8. The Morgan fingerprint density at radius 2 is 1.27 bits per heavy atom. The van der Waals surface area contributed by atoms with Gasteiger partial charge in [-0.1, -0.05) is 19.3 Å². The third-order valence-corrected chi connectivity index (χ3v) is 2.66. The highest BCUT2D eigenvalue weighted by Gasteiger charge is 1.91. The number of hydrogen-bond donors (Lipinski definition) is 3. The molecule has 3 heteroatoms. The molecular formula is C12H30N3+. The van der Waals surface area contributed by atoms with Crippen molar-refractivity contribution < 1.29 is 5.73 Å². The lowest BCUT2D eigenvalue weighted by Gasteiger charge is -2.04. The summed E-state index contributed by atoms with van der Waals surface area (Å²) in [5.41, 5.74) is 9.27. The summed E-state index contributed by atoms with van der Waals surface area (Å²) in [5.74, 6) is 0. The van der Waals surface area contributed by atoms with Crippen LogP contribution in [0.15, 0.2) is 0 Å². The van der Waals surface area contributed by atoms with Crippen molar-refractivity contribution >= 4 is 0 Å². The van der Waals surface area contributed by atoms with Gasteiger partial charge in [-0.3, -0.25) is 0 Å². The number of rotatable bonds is 12. The number of hydrogen-bond acceptors (Lipinski definition) is 2. The predicted molar refractivity (Wildman–Crippen MR) is 66.6 cm³/mol. The quantitative estimate of drug-likeness (QED) is 0.424. The van der Waals surface area contributed by atoms with Gasteiger partial charge >= 0.3 is 0 Å². The van der Waals surface area contributed by atoms with Gasteiger partial charge in [0.1, 0.15) is 0 Å². The van der Waals surface area contributed by atoms with Crippen LogP contribution in [-0.2, 0) is 0 Å². The van der Waals surface area contributed by atoms with E-state index in [0.29, 0.717) is 0 Å². The SMILES string of the molecule is NCCCCCCNCCCCCC[NH3+]. The van der Waals surface area contributed by atoms with Crippen molar-refractivity contribution in [2.45, 2.75) is 51.4 Å². The highest BCUT2D eigenvalue weighted by Crippen LogP contribution is 1.98. The van der Waals surface area contributed by atoms with Gasteiger partial charge in [-0.2, -0.15) is 0 Å². The fourth-order valence-corrected chi connectivity index (χ4v) is 1.65. The zero-order valence-corrected chi connectivity index (χ0v) is 10.3. The molecule has 0 rings (SSSR count). The Morgan fingerprint density at radius 1 is 0.733 bits per heavy atom. The minimum Gasteiger partial charge on any atom is -0.358 e. The van der Waals surface area contributed by atoms with Crippen LogP contribution in [-0.4, -0.2) is 26.2 Å². The Bertz CT molecular complexity index is 95.0. The third-order valence-electron chi connectivity index (χ3n) is 2.66. The fraction of sp³-hybridized carbons (Fsp3) is 1.00. The second-order valence-corrected chi connectivity index (χ2v) is 4.22. The second kappa shape index (κ2) is 13.9. The van der Waals surface area contributed by atoms with Crippen LogP contribution in [0, 0.1) is 0 Å². The van der Waals surface area contributed by atoms with E-state index in [9.17, 15) is 0 Å². The van der Waals surface area contributed by atoms with Crippen LogP contribution in [0.5, 0.6) is 0 Å². The van der Waals surface area contributed by atoms with Crippen LogP contribution >= 0.6 is 0 Å². The number of unbranched alkanes of at least 4 members (excludes halogenated alkanes) is 6. The number of quaternary nitrogens is 1. The van der Waals surface area contributed by atoms with E-state index in [0.717, 1.165) is 13.1 Å². The molecule has 0 bridgehead atoms. The molecule has 0 fully saturated rings. The fourth-order valence-electron chi connectivity index (χ4n) is 1.65. The molecule has 0 aliphatic rings. The van der Waals surface area contributed by atoms with E-state index in [1.54, 1.807) is 0 Å². The van der Waals surface area contributed by atoms with E-state index in [-0.39, 0.29) is 0 Å². The van der Waals surface area contributed by atoms with Gasteiger partial charge < -0.3 is 16.8 Å². The maximum Gasteiger partial charge on any atom is 0.0739 e. The first-order chi connectivity index (χ1) is 7.41. The Morgan fingerprint density at radius 3 is 1.80 bits per heavy atom. The maximum absolute atomic E-state index is 5.43. The molecule has 0 radical (unpaired) electrons. The van der Waals surface area contributed by atoms with Crippen LogP contribution in [0.4, 0.5) is 0 Å². The predicted octanol–water partition coefficient (Wildman–Crippen LogP) is 0.897. The first kappa shape index (κ1) is 14.9. The molecule has 0 amide bonds. The van der Waals surface area contributed by atoms with Crippen molar-refractivity contribution in [1.29, 1.82) is 0 Å². The second-order valence-electron chi connectivity index (χ2n) is 4.22. The smallest absolute Gasteiger partial charge is 0.0739 e. The lowest BCUT2D eigenvalue weighted by molar-refractivity contribution is -0.368. The van der Waals surface area contributed by atoms with Crippen LogP contribution in [0.25, 0.3) is 0 Å². The largest absolute Gasteiger partial charge is 0.358 e. The molecule has 0 aromatic heterocycles. The molecule has 92 valence electrons. The summed E-state index contributed by atoms with van der Waals surface area (Å²) in [7, 11) is 0. The zero-order chi connectivity index (χ0) is 11.2. The summed E-state index contributed by atoms with van der Waals surface area (Å²) in [6, 6.07) is 0. The van der Waals surface area contributed by atoms with Gasteiger partial charge in [-0.25, -0.2) is 0 Å². The molecule has 0 aromatic rings. The van der Waals surface area contributed by atoms with Crippen LogP contribution in [0.2, 0.25) is 0 Å². The Balaban J connectivity index is 2.81. The summed E-state index contributed by atoms with van der Waals surface area (Å²) in [6.07, 6.45) is 10.4. The summed E-state index contributed by atoms with van der Waals surface area (Å²) in [6.45, 7) is 4.31. The molecule has 0 atom stereocenters. The molecule has 15 heavy (non-hydrogen) atoms. The standard InChI is InChI=1S/C12H29N3/c13-9-5-1-3-7-11-15-12-8-4-2-6-10-14/h15H,1-14H2/p+1. The van der Waals surface area contributed by atoms with Crippen molar-refractivity contribution in [1.82, 2.24) is 5.32 Å². The molecule has 3 nitrogen and oxygen atoms in total. The third kappa shape index (κ3) is 13.9. The van der Waals surface area contributed by atoms with Gasteiger partial charge in [-0.15, -0.1) is 0 Å². The molecule has 0 saturated heterocycles. The Labute approximate surface area is 95.0 Å². The number of nitrogens with two attached hydrogens (primary N) is 1. The minimum absolute atomic E-state index is 0.847. The molecular weight excluding hydrogens is 186 g/mol. The van der Waals surface area contributed by atoms with Crippen molar-refractivity contribution in [3.05, 3.63) is 0 Å². The molecule has 0 aliphatic carbocycles. The van der Waals surface area contributed by atoms with E-state index in [2.05, 4.69) is 11.1 Å². The molecule has 0 aliphatic heterocycles. The van der Waals surface area contributed by atoms with Crippen molar-refractivity contribution in [2.75, 3.05) is 26.2 Å². The summed E-state index contributed by atoms with van der Waals surface area (Å²) in [5, 5.41) is 3.49. The van der Waals surface area contributed by atoms with Crippen molar-refractivity contribution in [2.24, 2.45) is 5.73 Å². The zero-order valence-electron chi connectivity index (χ0n) is 10.3. The minimum atomic E-state index is 0.847. The Hall–Kier alpha value is -0.120. The molecule has 6 N–H and O–H groups in total. The molecule has 0 unspecified atom stereocenters. The van der Waals surface area contributed by atoms with Gasteiger partial charge in [-0.05, 0) is 51.7 Å².